The fourth-order valence-electron chi connectivity index (χ4n) is 2.74. The van der Waals surface area contributed by atoms with E-state index in [0.29, 0.717) is 22.9 Å². The van der Waals surface area contributed by atoms with E-state index in [4.69, 9.17) is 9.47 Å². The van der Waals surface area contributed by atoms with E-state index in [1.807, 2.05) is 50.2 Å². The van der Waals surface area contributed by atoms with Crippen molar-refractivity contribution in [2.75, 3.05) is 7.11 Å². The van der Waals surface area contributed by atoms with E-state index in [-0.39, 0.29) is 6.10 Å². The number of methoxy groups -OCH3 is 1. The molecule has 3 aromatic rings. The Balaban J connectivity index is 1.96. The monoisotopic (exact) mass is 361 g/mol. The van der Waals surface area contributed by atoms with Crippen LogP contribution in [0, 0.1) is 18.3 Å². The number of aryl methyl sites for hydroxylation is 1. The number of H-pyrrole nitrogens is 1. The number of hydrogen-bond donors (Lipinski definition) is 1. The van der Waals surface area contributed by atoms with Gasteiger partial charge in [-0.05, 0) is 61.7 Å². The number of benzene rings is 2. The van der Waals surface area contributed by atoms with Crippen LogP contribution in [0.1, 0.15) is 37.2 Å². The van der Waals surface area contributed by atoms with Gasteiger partial charge in [-0.1, -0.05) is 19.1 Å². The summed E-state index contributed by atoms with van der Waals surface area (Å²) in [6.07, 6.45) is 2.81. The third kappa shape index (κ3) is 4.12. The summed E-state index contributed by atoms with van der Waals surface area (Å²) >= 11 is 0. The lowest BCUT2D eigenvalue weighted by Gasteiger charge is -2.15. The van der Waals surface area contributed by atoms with Gasteiger partial charge in [0.15, 0.2) is 11.5 Å². The molecule has 1 aromatic heterocycles. The minimum Gasteiger partial charge on any atom is -0.493 e. The summed E-state index contributed by atoms with van der Waals surface area (Å²) in [5.41, 5.74) is 4.20. The normalized spacial score (nSPS) is 12.6. The lowest BCUT2D eigenvalue weighted by atomic mass is 10.1. The van der Waals surface area contributed by atoms with Crippen molar-refractivity contribution in [3.8, 4) is 17.6 Å². The van der Waals surface area contributed by atoms with Gasteiger partial charge < -0.3 is 14.5 Å². The van der Waals surface area contributed by atoms with E-state index in [9.17, 15) is 5.26 Å². The highest BCUT2D eigenvalue weighted by Gasteiger charge is 2.11. The molecule has 1 heterocycles. The maximum absolute atomic E-state index is 9.62. The first-order valence-corrected chi connectivity index (χ1v) is 8.97. The van der Waals surface area contributed by atoms with Gasteiger partial charge in [-0.2, -0.15) is 5.26 Å². The second kappa shape index (κ2) is 7.96. The maximum atomic E-state index is 9.62. The van der Waals surface area contributed by atoms with Gasteiger partial charge in [-0.3, -0.25) is 0 Å². The molecule has 0 aliphatic heterocycles. The summed E-state index contributed by atoms with van der Waals surface area (Å²) in [6.45, 7) is 6.11. The number of aromatic nitrogens is 2. The van der Waals surface area contributed by atoms with Crippen molar-refractivity contribution in [1.82, 2.24) is 9.97 Å². The summed E-state index contributed by atoms with van der Waals surface area (Å²) in [6, 6.07) is 13.8. The van der Waals surface area contributed by atoms with Crippen LogP contribution in [0.25, 0.3) is 22.7 Å². The van der Waals surface area contributed by atoms with Gasteiger partial charge in [0.05, 0.1) is 29.8 Å². The van der Waals surface area contributed by atoms with Crippen molar-refractivity contribution in [1.29, 1.82) is 5.26 Å². The Morgan fingerprint density at radius 1 is 1.26 bits per heavy atom. The Labute approximate surface area is 159 Å². The molecule has 0 fully saturated rings. The molecule has 0 aliphatic rings. The minimum atomic E-state index is 0.106. The number of ether oxygens (including phenoxy) is 2. The van der Waals surface area contributed by atoms with Gasteiger partial charge in [0.2, 0.25) is 0 Å². The topological polar surface area (TPSA) is 70.9 Å². The molecule has 0 amide bonds. The first-order valence-electron chi connectivity index (χ1n) is 8.97. The molecule has 1 N–H and O–H groups in total. The Bertz CT molecular complexity index is 1030. The average molecular weight is 361 g/mol. The van der Waals surface area contributed by atoms with E-state index in [0.717, 1.165) is 28.6 Å². The number of allylic oxidation sites excluding steroid dienone is 1. The molecule has 1 atom stereocenters. The number of hydrogen-bond acceptors (Lipinski definition) is 4. The SMILES string of the molecule is CC[C@H](C)Oc1ccc(/C=C(/C#N)c2nc3ccc(C)cc3[nH]2)cc1OC. The van der Waals surface area contributed by atoms with Crippen LogP contribution < -0.4 is 9.47 Å². The molecule has 0 aliphatic carbocycles. The van der Waals surface area contributed by atoms with Crippen LogP contribution in [-0.4, -0.2) is 23.2 Å². The third-order valence-electron chi connectivity index (χ3n) is 4.41. The second-order valence-electron chi connectivity index (χ2n) is 6.52. The molecule has 27 heavy (non-hydrogen) atoms. The Kier molecular flexibility index (Phi) is 5.46. The van der Waals surface area contributed by atoms with Crippen molar-refractivity contribution < 1.29 is 9.47 Å². The lowest BCUT2D eigenvalue weighted by molar-refractivity contribution is 0.207. The summed E-state index contributed by atoms with van der Waals surface area (Å²) in [7, 11) is 1.61. The van der Waals surface area contributed by atoms with Crippen LogP contribution >= 0.6 is 0 Å². The Morgan fingerprint density at radius 3 is 2.78 bits per heavy atom. The molecule has 138 valence electrons. The third-order valence-corrected chi connectivity index (χ3v) is 4.41. The highest BCUT2D eigenvalue weighted by molar-refractivity contribution is 5.90. The molecular formula is C22H23N3O2. The van der Waals surface area contributed by atoms with Crippen molar-refractivity contribution >= 4 is 22.7 Å². The van der Waals surface area contributed by atoms with Crippen LogP contribution in [0.5, 0.6) is 11.5 Å². The van der Waals surface area contributed by atoms with Gasteiger partial charge in [-0.25, -0.2) is 4.98 Å². The van der Waals surface area contributed by atoms with E-state index in [1.54, 1.807) is 13.2 Å². The smallest absolute Gasteiger partial charge is 0.161 e. The largest absolute Gasteiger partial charge is 0.493 e. The first kappa shape index (κ1) is 18.5. The number of nitrogens with one attached hydrogen (secondary N) is 1. The predicted molar refractivity (Wildman–Crippen MR) is 108 cm³/mol. The molecule has 5 heteroatoms. The quantitative estimate of drug-likeness (QED) is 0.619. The van der Waals surface area contributed by atoms with Crippen LogP contribution in [0.2, 0.25) is 0 Å². The zero-order valence-electron chi connectivity index (χ0n) is 16.0. The number of nitriles is 1. The number of nitrogens with zero attached hydrogens (tertiary/aromatic N) is 2. The van der Waals surface area contributed by atoms with Gasteiger partial charge in [0.1, 0.15) is 11.9 Å². The molecular weight excluding hydrogens is 338 g/mol. The fraction of sp³-hybridized carbons (Fsp3) is 0.273. The van der Waals surface area contributed by atoms with Gasteiger partial charge in [-0.15, -0.1) is 0 Å². The summed E-state index contributed by atoms with van der Waals surface area (Å²) < 4.78 is 11.3. The molecule has 0 spiro atoms. The molecule has 0 radical (unpaired) electrons. The molecule has 0 unspecified atom stereocenters. The molecule has 0 saturated carbocycles. The van der Waals surface area contributed by atoms with Gasteiger partial charge >= 0.3 is 0 Å². The van der Waals surface area contributed by atoms with Crippen LogP contribution in [-0.2, 0) is 0 Å². The number of fused-ring (bicyclic) bond motifs is 1. The summed E-state index contributed by atoms with van der Waals surface area (Å²) in [5, 5.41) is 9.62. The van der Waals surface area contributed by atoms with Crippen LogP contribution in [0.4, 0.5) is 0 Å². The molecule has 2 aromatic carbocycles. The van der Waals surface area contributed by atoms with Crippen LogP contribution in [0.15, 0.2) is 36.4 Å². The van der Waals surface area contributed by atoms with E-state index in [1.165, 1.54) is 0 Å². The first-order chi connectivity index (χ1) is 13.0. The van der Waals surface area contributed by atoms with Crippen molar-refractivity contribution in [2.24, 2.45) is 0 Å². The maximum Gasteiger partial charge on any atom is 0.161 e. The molecule has 3 rings (SSSR count). The number of imidazole rings is 1. The van der Waals surface area contributed by atoms with Crippen molar-refractivity contribution in [2.45, 2.75) is 33.3 Å². The molecule has 0 bridgehead atoms. The zero-order chi connectivity index (χ0) is 19.4. The highest BCUT2D eigenvalue weighted by atomic mass is 16.5. The van der Waals surface area contributed by atoms with Gasteiger partial charge in [0, 0.05) is 0 Å². The van der Waals surface area contributed by atoms with E-state index < -0.39 is 0 Å². The predicted octanol–water partition coefficient (Wildman–Crippen LogP) is 5.12. The average Bonchev–Trinajstić information content (AvgIpc) is 3.09. The minimum absolute atomic E-state index is 0.106. The summed E-state index contributed by atoms with van der Waals surface area (Å²) in [4.78, 5) is 7.75. The Morgan fingerprint density at radius 2 is 2.07 bits per heavy atom. The van der Waals surface area contributed by atoms with Crippen LogP contribution in [0.3, 0.4) is 0 Å². The van der Waals surface area contributed by atoms with E-state index in [2.05, 4.69) is 23.0 Å². The lowest BCUT2D eigenvalue weighted by Crippen LogP contribution is -2.10. The highest BCUT2D eigenvalue weighted by Crippen LogP contribution is 2.31. The number of aromatic amines is 1. The number of rotatable bonds is 6. The standard InChI is InChI=1S/C22H23N3O2/c1-5-15(3)27-20-9-7-16(12-21(20)26-4)11-17(13-23)22-24-18-8-6-14(2)10-19(18)25-22/h6-12,15H,5H2,1-4H3,(H,24,25)/b17-11-/t15-/m0/s1. The molecule has 0 saturated heterocycles. The summed E-state index contributed by atoms with van der Waals surface area (Å²) in [5.74, 6) is 1.89. The Hall–Kier alpha value is -3.26. The molecule has 5 nitrogen and oxygen atoms in total. The van der Waals surface area contributed by atoms with Crippen molar-refractivity contribution in [3.63, 3.8) is 0 Å². The second-order valence-corrected chi connectivity index (χ2v) is 6.52. The zero-order valence-corrected chi connectivity index (χ0v) is 16.0. The van der Waals surface area contributed by atoms with Crippen molar-refractivity contribution in [3.05, 3.63) is 53.3 Å². The van der Waals surface area contributed by atoms with E-state index >= 15 is 0 Å². The fourth-order valence-corrected chi connectivity index (χ4v) is 2.74. The van der Waals surface area contributed by atoms with Gasteiger partial charge in [0.25, 0.3) is 0 Å².